The molecule has 5 heteroatoms. The monoisotopic (exact) mass is 210 g/mol. The van der Waals surface area contributed by atoms with Gasteiger partial charge in [-0.25, -0.2) is 0 Å². The van der Waals surface area contributed by atoms with Gasteiger partial charge in [-0.2, -0.15) is 0 Å². The minimum atomic E-state index is -3.27. The summed E-state index contributed by atoms with van der Waals surface area (Å²) in [6.45, 7) is 1.79. The zero-order chi connectivity index (χ0) is 10.2. The van der Waals surface area contributed by atoms with Crippen LogP contribution in [0.25, 0.3) is 0 Å². The van der Waals surface area contributed by atoms with Crippen LogP contribution in [0.3, 0.4) is 0 Å². The third-order valence-electron chi connectivity index (χ3n) is 1.63. The number of aliphatic hydroxyl groups is 1. The van der Waals surface area contributed by atoms with E-state index in [1.807, 2.05) is 0 Å². The SMILES string of the molecule is CP(=O)(O)OCCCCCCCO. The molecule has 0 aromatic carbocycles. The molecule has 0 bridgehead atoms. The van der Waals surface area contributed by atoms with Gasteiger partial charge in [-0.3, -0.25) is 4.57 Å². The lowest BCUT2D eigenvalue weighted by atomic mass is 10.2. The van der Waals surface area contributed by atoms with Crippen molar-refractivity contribution in [2.45, 2.75) is 32.1 Å². The molecule has 0 fully saturated rings. The summed E-state index contributed by atoms with van der Waals surface area (Å²) in [5, 5.41) is 8.48. The molecule has 0 aliphatic carbocycles. The summed E-state index contributed by atoms with van der Waals surface area (Å²) in [5.74, 6) is 0. The Hall–Kier alpha value is 0.110. The molecular formula is C8H19O4P. The minimum Gasteiger partial charge on any atom is -0.396 e. The van der Waals surface area contributed by atoms with Crippen LogP contribution in [0.5, 0.6) is 0 Å². The van der Waals surface area contributed by atoms with Crippen molar-refractivity contribution < 1.29 is 19.1 Å². The molecule has 4 nitrogen and oxygen atoms in total. The smallest absolute Gasteiger partial charge is 0.325 e. The molecule has 1 atom stereocenters. The van der Waals surface area contributed by atoms with Crippen molar-refractivity contribution >= 4 is 7.60 Å². The van der Waals surface area contributed by atoms with E-state index in [9.17, 15) is 4.57 Å². The van der Waals surface area contributed by atoms with Gasteiger partial charge in [0, 0.05) is 13.3 Å². The Morgan fingerprint density at radius 3 is 2.23 bits per heavy atom. The van der Waals surface area contributed by atoms with Crippen molar-refractivity contribution in [1.29, 1.82) is 0 Å². The molecule has 0 aromatic rings. The van der Waals surface area contributed by atoms with Gasteiger partial charge in [-0.15, -0.1) is 0 Å². The molecule has 1 unspecified atom stereocenters. The third-order valence-corrected chi connectivity index (χ3v) is 2.29. The molecular weight excluding hydrogens is 191 g/mol. The first-order valence-electron chi connectivity index (χ1n) is 4.62. The molecule has 0 saturated carbocycles. The predicted octanol–water partition coefficient (Wildman–Crippen LogP) is 1.76. The van der Waals surface area contributed by atoms with E-state index in [0.717, 1.165) is 32.1 Å². The summed E-state index contributed by atoms with van der Waals surface area (Å²) in [7, 11) is -3.27. The van der Waals surface area contributed by atoms with E-state index in [1.165, 1.54) is 6.66 Å². The fraction of sp³-hybridized carbons (Fsp3) is 1.00. The van der Waals surface area contributed by atoms with Gasteiger partial charge >= 0.3 is 7.60 Å². The highest BCUT2D eigenvalue weighted by Crippen LogP contribution is 2.36. The maximum atomic E-state index is 10.7. The Bertz CT molecular complexity index is 154. The van der Waals surface area contributed by atoms with Gasteiger partial charge < -0.3 is 14.5 Å². The summed E-state index contributed by atoms with van der Waals surface area (Å²) < 4.78 is 15.3. The number of hydrogen-bond acceptors (Lipinski definition) is 3. The maximum Gasteiger partial charge on any atom is 0.325 e. The van der Waals surface area contributed by atoms with Crippen molar-refractivity contribution in [3.05, 3.63) is 0 Å². The molecule has 0 aromatic heterocycles. The summed E-state index contributed by atoms with van der Waals surface area (Å²) in [5.41, 5.74) is 0. The van der Waals surface area contributed by atoms with Gasteiger partial charge in [0.25, 0.3) is 0 Å². The molecule has 0 spiro atoms. The minimum absolute atomic E-state index is 0.247. The third kappa shape index (κ3) is 12.1. The summed E-state index contributed by atoms with van der Waals surface area (Å²) in [6.07, 6.45) is 4.69. The van der Waals surface area contributed by atoms with Crippen LogP contribution in [0.4, 0.5) is 0 Å². The van der Waals surface area contributed by atoms with Crippen molar-refractivity contribution in [1.82, 2.24) is 0 Å². The van der Waals surface area contributed by atoms with Crippen LogP contribution in [0, 0.1) is 0 Å². The van der Waals surface area contributed by atoms with E-state index in [0.29, 0.717) is 6.61 Å². The quantitative estimate of drug-likeness (QED) is 0.473. The molecule has 0 saturated heterocycles. The highest BCUT2D eigenvalue weighted by molar-refractivity contribution is 7.51. The molecule has 0 radical (unpaired) electrons. The first-order valence-corrected chi connectivity index (χ1v) is 6.64. The summed E-state index contributed by atoms with van der Waals surface area (Å²) in [4.78, 5) is 8.76. The van der Waals surface area contributed by atoms with E-state index >= 15 is 0 Å². The van der Waals surface area contributed by atoms with Crippen LogP contribution < -0.4 is 0 Å². The number of unbranched alkanes of at least 4 members (excludes halogenated alkanes) is 4. The second kappa shape index (κ2) is 7.51. The van der Waals surface area contributed by atoms with E-state index in [1.54, 1.807) is 0 Å². The van der Waals surface area contributed by atoms with Crippen molar-refractivity contribution in [3.8, 4) is 0 Å². The Balaban J connectivity index is 3.04. The second-order valence-electron chi connectivity index (χ2n) is 3.13. The highest BCUT2D eigenvalue weighted by Gasteiger charge is 2.08. The zero-order valence-electron chi connectivity index (χ0n) is 8.11. The molecule has 0 amide bonds. The lowest BCUT2D eigenvalue weighted by molar-refractivity contribution is 0.255. The Kier molecular flexibility index (Phi) is 7.57. The van der Waals surface area contributed by atoms with Crippen molar-refractivity contribution in [2.24, 2.45) is 0 Å². The van der Waals surface area contributed by atoms with Crippen molar-refractivity contribution in [2.75, 3.05) is 19.9 Å². The van der Waals surface area contributed by atoms with Crippen molar-refractivity contribution in [3.63, 3.8) is 0 Å². The Labute approximate surface area is 79.5 Å². The molecule has 2 N–H and O–H groups in total. The van der Waals surface area contributed by atoms with Gasteiger partial charge in [0.05, 0.1) is 6.61 Å². The fourth-order valence-corrected chi connectivity index (χ4v) is 1.45. The van der Waals surface area contributed by atoms with Gasteiger partial charge in [0.15, 0.2) is 0 Å². The molecule has 0 aliphatic heterocycles. The molecule has 80 valence electrons. The average Bonchev–Trinajstić information content (AvgIpc) is 2.01. The lowest BCUT2D eigenvalue weighted by Gasteiger charge is -2.05. The van der Waals surface area contributed by atoms with Crippen LogP contribution >= 0.6 is 7.60 Å². The topological polar surface area (TPSA) is 66.8 Å². The summed E-state index contributed by atoms with van der Waals surface area (Å²) in [6, 6.07) is 0. The van der Waals surface area contributed by atoms with Gasteiger partial charge in [0.1, 0.15) is 0 Å². The largest absolute Gasteiger partial charge is 0.396 e. The molecule has 13 heavy (non-hydrogen) atoms. The van der Waals surface area contributed by atoms with E-state index in [2.05, 4.69) is 0 Å². The molecule has 0 heterocycles. The van der Waals surface area contributed by atoms with E-state index in [4.69, 9.17) is 14.5 Å². The van der Waals surface area contributed by atoms with Crippen LogP contribution in [-0.4, -0.2) is 29.9 Å². The molecule has 0 rings (SSSR count). The number of rotatable bonds is 8. The average molecular weight is 210 g/mol. The fourth-order valence-electron chi connectivity index (χ4n) is 0.978. The standard InChI is InChI=1S/C8H19O4P/c1-13(10,11)12-8-6-4-2-3-5-7-9/h9H,2-8H2,1H3,(H,10,11). The highest BCUT2D eigenvalue weighted by atomic mass is 31.2. The normalized spacial score (nSPS) is 15.6. The predicted molar refractivity (Wildman–Crippen MR) is 51.9 cm³/mol. The number of aliphatic hydroxyl groups excluding tert-OH is 1. The Morgan fingerprint density at radius 2 is 1.69 bits per heavy atom. The Morgan fingerprint density at radius 1 is 1.15 bits per heavy atom. The maximum absolute atomic E-state index is 10.7. The van der Waals surface area contributed by atoms with Gasteiger partial charge in [-0.1, -0.05) is 19.3 Å². The van der Waals surface area contributed by atoms with Crippen LogP contribution in [0.2, 0.25) is 0 Å². The van der Waals surface area contributed by atoms with Crippen LogP contribution in [0.1, 0.15) is 32.1 Å². The number of hydrogen-bond donors (Lipinski definition) is 2. The second-order valence-corrected chi connectivity index (χ2v) is 4.99. The van der Waals surface area contributed by atoms with E-state index in [-0.39, 0.29) is 6.61 Å². The van der Waals surface area contributed by atoms with Crippen LogP contribution in [-0.2, 0) is 9.09 Å². The first-order chi connectivity index (χ1) is 6.06. The first kappa shape index (κ1) is 13.1. The van der Waals surface area contributed by atoms with Gasteiger partial charge in [-0.05, 0) is 12.8 Å². The van der Waals surface area contributed by atoms with Crippen LogP contribution in [0.15, 0.2) is 0 Å². The van der Waals surface area contributed by atoms with E-state index < -0.39 is 7.60 Å². The molecule has 0 aliphatic rings. The van der Waals surface area contributed by atoms with Gasteiger partial charge in [0.2, 0.25) is 0 Å². The zero-order valence-corrected chi connectivity index (χ0v) is 9.00. The lowest BCUT2D eigenvalue weighted by Crippen LogP contribution is -1.92. The summed E-state index contributed by atoms with van der Waals surface area (Å²) >= 11 is 0.